The lowest BCUT2D eigenvalue weighted by atomic mass is 9.94. The van der Waals surface area contributed by atoms with Crippen LogP contribution in [0.3, 0.4) is 0 Å². The molecule has 0 radical (unpaired) electrons. The Bertz CT molecular complexity index is 1260. The van der Waals surface area contributed by atoms with Gasteiger partial charge in [-0.1, -0.05) is 30.3 Å². The highest BCUT2D eigenvalue weighted by atomic mass is 19.1. The second-order valence-electron chi connectivity index (χ2n) is 7.89. The van der Waals surface area contributed by atoms with Crippen molar-refractivity contribution in [3.05, 3.63) is 89.6 Å². The minimum absolute atomic E-state index is 0.183. The largest absolute Gasteiger partial charge is 0.323 e. The van der Waals surface area contributed by atoms with Crippen LogP contribution in [0.5, 0.6) is 0 Å². The predicted molar refractivity (Wildman–Crippen MR) is 117 cm³/mol. The zero-order chi connectivity index (χ0) is 21.4. The molecule has 0 saturated carbocycles. The van der Waals surface area contributed by atoms with Crippen LogP contribution in [0.2, 0.25) is 0 Å². The van der Waals surface area contributed by atoms with Crippen LogP contribution in [-0.4, -0.2) is 32.1 Å². The molecule has 1 aliphatic rings. The molecule has 0 saturated heterocycles. The van der Waals surface area contributed by atoms with E-state index in [2.05, 4.69) is 32.4 Å². The summed E-state index contributed by atoms with van der Waals surface area (Å²) in [6.45, 7) is 1.88. The third-order valence-corrected chi connectivity index (χ3v) is 5.68. The van der Waals surface area contributed by atoms with E-state index in [-0.39, 0.29) is 11.6 Å². The van der Waals surface area contributed by atoms with Crippen molar-refractivity contribution in [3.63, 3.8) is 0 Å². The first-order valence-electron chi connectivity index (χ1n) is 10.2. The van der Waals surface area contributed by atoms with Crippen LogP contribution in [0.1, 0.15) is 22.7 Å². The number of amides is 1. The molecule has 31 heavy (non-hydrogen) atoms. The van der Waals surface area contributed by atoms with E-state index in [1.165, 1.54) is 6.07 Å². The number of nitrogens with zero attached hydrogens (tertiary/aromatic N) is 4. The number of anilines is 1. The zero-order valence-corrected chi connectivity index (χ0v) is 17.1. The van der Waals surface area contributed by atoms with Gasteiger partial charge >= 0.3 is 0 Å². The van der Waals surface area contributed by atoms with Crippen molar-refractivity contribution in [2.24, 2.45) is 7.05 Å². The number of rotatable bonds is 4. The molecule has 1 N–H and O–H groups in total. The van der Waals surface area contributed by atoms with Gasteiger partial charge in [0.15, 0.2) is 0 Å². The number of carbonyl (C=O) groups excluding carboxylic acids is 1. The molecule has 0 spiro atoms. The molecule has 1 amide bonds. The SMILES string of the molecule is Cn1cc2c(n1)[C@@H](C(=O)Nc1ccccc1F)CN(Cc1cccc3ncccc13)C2. The highest BCUT2D eigenvalue weighted by molar-refractivity contribution is 5.96. The summed E-state index contributed by atoms with van der Waals surface area (Å²) in [5.74, 6) is -1.19. The molecule has 2 aromatic carbocycles. The summed E-state index contributed by atoms with van der Waals surface area (Å²) < 4.78 is 15.8. The molecule has 156 valence electrons. The Morgan fingerprint density at radius 2 is 2.03 bits per heavy atom. The molecule has 3 heterocycles. The maximum atomic E-state index is 14.1. The molecule has 6 nitrogen and oxygen atoms in total. The van der Waals surface area contributed by atoms with Crippen LogP contribution in [0.4, 0.5) is 10.1 Å². The van der Waals surface area contributed by atoms with Crippen LogP contribution in [-0.2, 0) is 24.9 Å². The number of nitrogens with one attached hydrogen (secondary N) is 1. The van der Waals surface area contributed by atoms with Gasteiger partial charge in [-0.2, -0.15) is 5.10 Å². The normalized spacial score (nSPS) is 16.3. The Labute approximate surface area is 179 Å². The molecule has 4 aromatic rings. The van der Waals surface area contributed by atoms with Crippen LogP contribution in [0, 0.1) is 5.82 Å². The zero-order valence-electron chi connectivity index (χ0n) is 17.1. The number of hydrogen-bond acceptors (Lipinski definition) is 4. The highest BCUT2D eigenvalue weighted by Gasteiger charge is 2.33. The molecule has 2 aromatic heterocycles. The topological polar surface area (TPSA) is 63.1 Å². The number of hydrogen-bond donors (Lipinski definition) is 1. The Morgan fingerprint density at radius 1 is 1.16 bits per heavy atom. The lowest BCUT2D eigenvalue weighted by Crippen LogP contribution is -2.38. The van der Waals surface area contributed by atoms with Crippen LogP contribution < -0.4 is 5.32 Å². The first kappa shape index (κ1) is 19.4. The molecule has 0 unspecified atom stereocenters. The molecule has 0 aliphatic carbocycles. The summed E-state index contributed by atoms with van der Waals surface area (Å²) in [6.07, 6.45) is 3.74. The Morgan fingerprint density at radius 3 is 2.90 bits per heavy atom. The second kappa shape index (κ2) is 7.92. The van der Waals surface area contributed by atoms with Gasteiger partial charge in [0.1, 0.15) is 5.82 Å². The molecule has 1 aliphatic heterocycles. The van der Waals surface area contributed by atoms with E-state index in [1.54, 1.807) is 29.1 Å². The van der Waals surface area contributed by atoms with E-state index in [0.717, 1.165) is 27.7 Å². The molecule has 0 fully saturated rings. The van der Waals surface area contributed by atoms with Gasteiger partial charge in [-0.3, -0.25) is 19.4 Å². The fourth-order valence-corrected chi connectivity index (χ4v) is 4.28. The third-order valence-electron chi connectivity index (χ3n) is 5.68. The molecular weight excluding hydrogens is 393 g/mol. The van der Waals surface area contributed by atoms with E-state index >= 15 is 0 Å². The Kier molecular flexibility index (Phi) is 4.95. The number of benzene rings is 2. The van der Waals surface area contributed by atoms with Gasteiger partial charge in [0.25, 0.3) is 0 Å². The summed E-state index contributed by atoms with van der Waals surface area (Å²) in [6, 6.07) is 16.3. The van der Waals surface area contributed by atoms with Crippen LogP contribution in [0.15, 0.2) is 67.0 Å². The van der Waals surface area contributed by atoms with E-state index in [1.807, 2.05) is 31.4 Å². The summed E-state index contributed by atoms with van der Waals surface area (Å²) >= 11 is 0. The van der Waals surface area contributed by atoms with Crippen molar-refractivity contribution >= 4 is 22.5 Å². The minimum Gasteiger partial charge on any atom is -0.323 e. The number of aromatic nitrogens is 3. The quantitative estimate of drug-likeness (QED) is 0.550. The van der Waals surface area contributed by atoms with Gasteiger partial charge in [-0.15, -0.1) is 0 Å². The van der Waals surface area contributed by atoms with Crippen molar-refractivity contribution in [1.29, 1.82) is 0 Å². The number of fused-ring (bicyclic) bond motifs is 2. The standard InChI is InChI=1S/C24H22FN5O/c1-29-12-17-14-30(13-16-6-4-10-21-18(16)7-5-11-26-21)15-19(23(17)28-29)24(31)27-22-9-3-2-8-20(22)25/h2-12,19H,13-15H2,1H3,(H,27,31)/t19-/m0/s1. The number of para-hydroxylation sites is 1. The summed E-state index contributed by atoms with van der Waals surface area (Å²) in [7, 11) is 1.85. The molecule has 1 atom stereocenters. The summed E-state index contributed by atoms with van der Waals surface area (Å²) in [5, 5.41) is 8.38. The summed E-state index contributed by atoms with van der Waals surface area (Å²) in [4.78, 5) is 19.8. The monoisotopic (exact) mass is 415 g/mol. The van der Waals surface area contributed by atoms with Gasteiger partial charge < -0.3 is 5.32 Å². The van der Waals surface area contributed by atoms with Gasteiger partial charge in [0.2, 0.25) is 5.91 Å². The Hall–Kier alpha value is -3.58. The van der Waals surface area contributed by atoms with Crippen molar-refractivity contribution in [2.75, 3.05) is 11.9 Å². The summed E-state index contributed by atoms with van der Waals surface area (Å²) in [5.41, 5.74) is 4.06. The maximum absolute atomic E-state index is 14.1. The fraction of sp³-hybridized carbons (Fsp3) is 0.208. The highest BCUT2D eigenvalue weighted by Crippen LogP contribution is 2.30. The average Bonchev–Trinajstić information content (AvgIpc) is 3.15. The number of halogens is 1. The van der Waals surface area contributed by atoms with Crippen molar-refractivity contribution in [3.8, 4) is 0 Å². The van der Waals surface area contributed by atoms with Gasteiger partial charge in [-0.05, 0) is 29.8 Å². The predicted octanol–water partition coefficient (Wildman–Crippen LogP) is 3.85. The van der Waals surface area contributed by atoms with Crippen molar-refractivity contribution in [1.82, 2.24) is 19.7 Å². The number of pyridine rings is 1. The molecule has 5 rings (SSSR count). The first-order valence-corrected chi connectivity index (χ1v) is 10.2. The lowest BCUT2D eigenvalue weighted by Gasteiger charge is -2.31. The first-order chi connectivity index (χ1) is 15.1. The van der Waals surface area contributed by atoms with Gasteiger partial charge in [-0.25, -0.2) is 4.39 Å². The van der Waals surface area contributed by atoms with Crippen molar-refractivity contribution in [2.45, 2.75) is 19.0 Å². The minimum atomic E-state index is -0.488. The second-order valence-corrected chi connectivity index (χ2v) is 7.89. The number of carbonyl (C=O) groups is 1. The van der Waals surface area contributed by atoms with Crippen LogP contribution >= 0.6 is 0 Å². The molecule has 0 bridgehead atoms. The Balaban J connectivity index is 1.43. The number of aryl methyl sites for hydroxylation is 1. The third kappa shape index (κ3) is 3.80. The maximum Gasteiger partial charge on any atom is 0.234 e. The molecule has 7 heteroatoms. The van der Waals surface area contributed by atoms with E-state index in [0.29, 0.717) is 19.6 Å². The smallest absolute Gasteiger partial charge is 0.234 e. The van der Waals surface area contributed by atoms with Gasteiger partial charge in [0, 0.05) is 50.0 Å². The van der Waals surface area contributed by atoms with E-state index in [4.69, 9.17) is 0 Å². The van der Waals surface area contributed by atoms with E-state index in [9.17, 15) is 9.18 Å². The van der Waals surface area contributed by atoms with Gasteiger partial charge in [0.05, 0.1) is 22.8 Å². The van der Waals surface area contributed by atoms with Crippen molar-refractivity contribution < 1.29 is 9.18 Å². The average molecular weight is 415 g/mol. The lowest BCUT2D eigenvalue weighted by molar-refractivity contribution is -0.118. The van der Waals surface area contributed by atoms with E-state index < -0.39 is 11.7 Å². The van der Waals surface area contributed by atoms with Crippen LogP contribution in [0.25, 0.3) is 10.9 Å². The fourth-order valence-electron chi connectivity index (χ4n) is 4.28. The molecular formula is C24H22FN5O.